The maximum absolute atomic E-state index is 11.9. The molecular weight excluding hydrogens is 274 g/mol. The van der Waals surface area contributed by atoms with Gasteiger partial charge in [-0.25, -0.2) is 0 Å². The van der Waals surface area contributed by atoms with Crippen LogP contribution in [-0.2, 0) is 11.2 Å². The van der Waals surface area contributed by atoms with E-state index >= 15 is 0 Å². The summed E-state index contributed by atoms with van der Waals surface area (Å²) < 4.78 is 5.04. The number of benzene rings is 1. The molecule has 0 aliphatic heterocycles. The Bertz CT molecular complexity index is 642. The van der Waals surface area contributed by atoms with Gasteiger partial charge in [0.15, 0.2) is 0 Å². The van der Waals surface area contributed by atoms with Crippen molar-refractivity contribution in [1.82, 2.24) is 5.16 Å². The van der Waals surface area contributed by atoms with E-state index in [0.29, 0.717) is 18.5 Å². The Morgan fingerprint density at radius 3 is 2.52 bits per heavy atom. The molecule has 2 rings (SSSR count). The zero-order valence-corrected chi connectivity index (χ0v) is 11.8. The SMILES string of the molecule is Cc1noc(C)c1CCC(=O)Nc1ccc([N+](=O)[O-])cc1. The van der Waals surface area contributed by atoms with Crippen molar-refractivity contribution in [2.24, 2.45) is 0 Å². The summed E-state index contributed by atoms with van der Waals surface area (Å²) in [5, 5.41) is 17.1. The lowest BCUT2D eigenvalue weighted by atomic mass is 10.1. The van der Waals surface area contributed by atoms with Crippen LogP contribution in [0, 0.1) is 24.0 Å². The van der Waals surface area contributed by atoms with Crippen LogP contribution in [0.5, 0.6) is 0 Å². The van der Waals surface area contributed by atoms with E-state index in [1.165, 1.54) is 24.3 Å². The van der Waals surface area contributed by atoms with Crippen molar-refractivity contribution in [3.8, 4) is 0 Å². The summed E-state index contributed by atoms with van der Waals surface area (Å²) in [5.41, 5.74) is 2.25. The van der Waals surface area contributed by atoms with Crippen LogP contribution >= 0.6 is 0 Å². The lowest BCUT2D eigenvalue weighted by molar-refractivity contribution is -0.384. The van der Waals surface area contributed by atoms with E-state index in [4.69, 9.17) is 4.52 Å². The van der Waals surface area contributed by atoms with Crippen LogP contribution in [0.1, 0.15) is 23.4 Å². The van der Waals surface area contributed by atoms with Gasteiger partial charge in [0.05, 0.1) is 10.6 Å². The number of amides is 1. The Kier molecular flexibility index (Phi) is 4.32. The Balaban J connectivity index is 1.91. The summed E-state index contributed by atoms with van der Waals surface area (Å²) in [7, 11) is 0. The number of aryl methyl sites for hydroxylation is 2. The molecule has 0 aliphatic carbocycles. The van der Waals surface area contributed by atoms with Crippen LogP contribution in [0.25, 0.3) is 0 Å². The second-order valence-electron chi connectivity index (χ2n) is 4.65. The number of carbonyl (C=O) groups excluding carboxylic acids is 1. The molecule has 2 aromatic rings. The highest BCUT2D eigenvalue weighted by molar-refractivity contribution is 5.90. The summed E-state index contributed by atoms with van der Waals surface area (Å²) >= 11 is 0. The summed E-state index contributed by atoms with van der Waals surface area (Å²) in [5.74, 6) is 0.555. The smallest absolute Gasteiger partial charge is 0.269 e. The predicted octanol–water partition coefficient (Wildman–Crippen LogP) is 2.77. The molecule has 110 valence electrons. The normalized spacial score (nSPS) is 10.4. The average Bonchev–Trinajstić information content (AvgIpc) is 2.76. The number of hydrogen-bond donors (Lipinski definition) is 1. The van der Waals surface area contributed by atoms with Crippen molar-refractivity contribution in [3.05, 3.63) is 51.4 Å². The van der Waals surface area contributed by atoms with E-state index < -0.39 is 4.92 Å². The van der Waals surface area contributed by atoms with E-state index in [0.717, 1.165) is 17.0 Å². The lowest BCUT2D eigenvalue weighted by Gasteiger charge is -2.04. The Morgan fingerprint density at radius 2 is 2.00 bits per heavy atom. The molecule has 7 heteroatoms. The van der Waals surface area contributed by atoms with Crippen LogP contribution in [0.15, 0.2) is 28.8 Å². The molecule has 1 aromatic heterocycles. The highest BCUT2D eigenvalue weighted by Crippen LogP contribution is 2.17. The number of carbonyl (C=O) groups is 1. The molecule has 0 saturated heterocycles. The fraction of sp³-hybridized carbons (Fsp3) is 0.286. The summed E-state index contributed by atoms with van der Waals surface area (Å²) in [4.78, 5) is 21.9. The van der Waals surface area contributed by atoms with Crippen molar-refractivity contribution in [3.63, 3.8) is 0 Å². The van der Waals surface area contributed by atoms with E-state index in [1.807, 2.05) is 13.8 Å². The minimum absolute atomic E-state index is 0.0104. The molecule has 1 amide bonds. The molecule has 0 bridgehead atoms. The number of rotatable bonds is 5. The summed E-state index contributed by atoms with van der Waals surface area (Å²) in [6.45, 7) is 3.64. The number of non-ortho nitro benzene ring substituents is 1. The minimum atomic E-state index is -0.483. The van der Waals surface area contributed by atoms with Crippen molar-refractivity contribution >= 4 is 17.3 Å². The van der Waals surface area contributed by atoms with Crippen LogP contribution < -0.4 is 5.32 Å². The first-order valence-electron chi connectivity index (χ1n) is 6.43. The van der Waals surface area contributed by atoms with Gasteiger partial charge in [-0.1, -0.05) is 5.16 Å². The third kappa shape index (κ3) is 3.65. The number of nitrogens with zero attached hydrogens (tertiary/aromatic N) is 2. The number of nitrogens with one attached hydrogen (secondary N) is 1. The van der Waals surface area contributed by atoms with Gasteiger partial charge in [0.25, 0.3) is 5.69 Å². The highest BCUT2D eigenvalue weighted by Gasteiger charge is 2.11. The molecule has 0 aliphatic rings. The zero-order chi connectivity index (χ0) is 15.4. The number of nitro groups is 1. The van der Waals surface area contributed by atoms with Crippen molar-refractivity contribution in [1.29, 1.82) is 0 Å². The Hall–Kier alpha value is -2.70. The quantitative estimate of drug-likeness (QED) is 0.674. The molecule has 0 unspecified atom stereocenters. The molecule has 0 radical (unpaired) electrons. The molecule has 21 heavy (non-hydrogen) atoms. The molecule has 7 nitrogen and oxygen atoms in total. The third-order valence-electron chi connectivity index (χ3n) is 3.15. The lowest BCUT2D eigenvalue weighted by Crippen LogP contribution is -2.12. The second-order valence-corrected chi connectivity index (χ2v) is 4.65. The number of nitro benzene ring substituents is 1. The fourth-order valence-electron chi connectivity index (χ4n) is 1.99. The van der Waals surface area contributed by atoms with E-state index in [2.05, 4.69) is 10.5 Å². The zero-order valence-electron chi connectivity index (χ0n) is 11.8. The van der Waals surface area contributed by atoms with Gasteiger partial charge in [-0.05, 0) is 32.4 Å². The van der Waals surface area contributed by atoms with E-state index in [-0.39, 0.29) is 11.6 Å². The minimum Gasteiger partial charge on any atom is -0.361 e. The molecule has 1 N–H and O–H groups in total. The monoisotopic (exact) mass is 289 g/mol. The molecule has 1 aromatic carbocycles. The molecule has 0 saturated carbocycles. The van der Waals surface area contributed by atoms with Gasteiger partial charge >= 0.3 is 0 Å². The number of aromatic nitrogens is 1. The molecular formula is C14H15N3O4. The Labute approximate surface area is 121 Å². The molecule has 0 atom stereocenters. The van der Waals surface area contributed by atoms with Crippen LogP contribution in [0.3, 0.4) is 0 Å². The molecule has 0 fully saturated rings. The Morgan fingerprint density at radius 1 is 1.33 bits per heavy atom. The van der Waals surface area contributed by atoms with Gasteiger partial charge in [0.2, 0.25) is 5.91 Å². The highest BCUT2D eigenvalue weighted by atomic mass is 16.6. The van der Waals surface area contributed by atoms with E-state index in [9.17, 15) is 14.9 Å². The standard InChI is InChI=1S/C14H15N3O4/c1-9-13(10(2)21-16-9)7-8-14(18)15-11-3-5-12(6-4-11)17(19)20/h3-6H,7-8H2,1-2H3,(H,15,18). The van der Waals surface area contributed by atoms with Crippen LogP contribution in [0.2, 0.25) is 0 Å². The fourth-order valence-corrected chi connectivity index (χ4v) is 1.99. The molecule has 1 heterocycles. The van der Waals surface area contributed by atoms with Gasteiger partial charge in [0, 0.05) is 29.8 Å². The number of anilines is 1. The summed E-state index contributed by atoms with van der Waals surface area (Å²) in [6, 6.07) is 5.71. The van der Waals surface area contributed by atoms with Gasteiger partial charge in [0.1, 0.15) is 5.76 Å². The van der Waals surface area contributed by atoms with Gasteiger partial charge < -0.3 is 9.84 Å². The first-order valence-corrected chi connectivity index (χ1v) is 6.43. The molecule has 0 spiro atoms. The largest absolute Gasteiger partial charge is 0.361 e. The van der Waals surface area contributed by atoms with Crippen molar-refractivity contribution < 1.29 is 14.2 Å². The van der Waals surface area contributed by atoms with Crippen LogP contribution in [0.4, 0.5) is 11.4 Å². The summed E-state index contributed by atoms with van der Waals surface area (Å²) in [6.07, 6.45) is 0.833. The van der Waals surface area contributed by atoms with Gasteiger partial charge in [-0.2, -0.15) is 0 Å². The second kappa shape index (κ2) is 6.17. The number of hydrogen-bond acceptors (Lipinski definition) is 5. The van der Waals surface area contributed by atoms with E-state index in [1.54, 1.807) is 0 Å². The average molecular weight is 289 g/mol. The van der Waals surface area contributed by atoms with Gasteiger partial charge in [-0.15, -0.1) is 0 Å². The maximum Gasteiger partial charge on any atom is 0.269 e. The predicted molar refractivity (Wildman–Crippen MR) is 76.0 cm³/mol. The van der Waals surface area contributed by atoms with Crippen LogP contribution in [-0.4, -0.2) is 16.0 Å². The van der Waals surface area contributed by atoms with Crippen molar-refractivity contribution in [2.75, 3.05) is 5.32 Å². The maximum atomic E-state index is 11.9. The topological polar surface area (TPSA) is 98.3 Å². The third-order valence-corrected chi connectivity index (χ3v) is 3.15. The van der Waals surface area contributed by atoms with Crippen molar-refractivity contribution in [2.45, 2.75) is 26.7 Å². The van der Waals surface area contributed by atoms with Gasteiger partial charge in [-0.3, -0.25) is 14.9 Å². The first-order chi connectivity index (χ1) is 9.97. The first kappa shape index (κ1) is 14.7.